The Balaban J connectivity index is 1.75. The fraction of sp³-hybridized carbons (Fsp3) is 0.333. The van der Waals surface area contributed by atoms with Gasteiger partial charge in [0.2, 0.25) is 16.0 Å². The number of benzene rings is 1. The van der Waals surface area contributed by atoms with Crippen LogP contribution < -0.4 is 4.90 Å². The third-order valence-corrected chi connectivity index (χ3v) is 6.02. The molecule has 13 heteroatoms. The summed E-state index contributed by atoms with van der Waals surface area (Å²) >= 11 is 0. The van der Waals surface area contributed by atoms with Gasteiger partial charge in [0, 0.05) is 44.5 Å². The van der Waals surface area contributed by atoms with Crippen molar-refractivity contribution < 1.29 is 26.5 Å². The molecule has 0 bridgehead atoms. The van der Waals surface area contributed by atoms with Gasteiger partial charge < -0.3 is 4.90 Å². The number of anilines is 1. The Morgan fingerprint density at radius 1 is 1.11 bits per heavy atom. The molecule has 0 amide bonds. The molecule has 1 aliphatic heterocycles. The molecule has 1 aromatic carbocycles. The Labute approximate surface area is 157 Å². The van der Waals surface area contributed by atoms with Crippen LogP contribution in [0.4, 0.5) is 24.8 Å². The van der Waals surface area contributed by atoms with Crippen LogP contribution in [0.5, 0.6) is 0 Å². The van der Waals surface area contributed by atoms with E-state index < -0.39 is 26.8 Å². The van der Waals surface area contributed by atoms with Crippen LogP contribution in [0.2, 0.25) is 0 Å². The zero-order valence-corrected chi connectivity index (χ0v) is 15.0. The van der Waals surface area contributed by atoms with Crippen LogP contribution in [0.1, 0.15) is 5.69 Å². The minimum absolute atomic E-state index is 0.0232. The Kier molecular flexibility index (Phi) is 5.21. The molecule has 0 unspecified atom stereocenters. The van der Waals surface area contributed by atoms with Gasteiger partial charge in [0.15, 0.2) is 0 Å². The summed E-state index contributed by atoms with van der Waals surface area (Å²) in [5, 5.41) is 10.9. The minimum Gasteiger partial charge on any atom is -0.338 e. The molecule has 28 heavy (non-hydrogen) atoms. The van der Waals surface area contributed by atoms with Gasteiger partial charge in [-0.3, -0.25) is 10.1 Å². The molecule has 0 spiro atoms. The predicted molar refractivity (Wildman–Crippen MR) is 91.1 cm³/mol. The SMILES string of the molecule is O=[N+]([O-])c1cccc(S(=O)(=O)N2CCN(c3nccc(C(F)(F)F)n3)CC2)c1. The van der Waals surface area contributed by atoms with Gasteiger partial charge in [0.25, 0.3) is 5.69 Å². The Morgan fingerprint density at radius 2 is 1.79 bits per heavy atom. The first-order chi connectivity index (χ1) is 13.1. The maximum atomic E-state index is 12.8. The number of nitro benzene ring substituents is 1. The van der Waals surface area contributed by atoms with Crippen LogP contribution in [0.25, 0.3) is 0 Å². The summed E-state index contributed by atoms with van der Waals surface area (Å²) in [5.74, 6) is -0.137. The van der Waals surface area contributed by atoms with Gasteiger partial charge in [-0.05, 0) is 12.1 Å². The lowest BCUT2D eigenvalue weighted by molar-refractivity contribution is -0.385. The molecule has 0 atom stereocenters. The zero-order chi connectivity index (χ0) is 20.5. The van der Waals surface area contributed by atoms with Crippen molar-refractivity contribution in [1.82, 2.24) is 14.3 Å². The first-order valence-electron chi connectivity index (χ1n) is 7.99. The average molecular weight is 417 g/mol. The van der Waals surface area contributed by atoms with E-state index in [1.807, 2.05) is 0 Å². The van der Waals surface area contributed by atoms with Gasteiger partial charge in [-0.25, -0.2) is 18.4 Å². The van der Waals surface area contributed by atoms with Crippen molar-refractivity contribution in [2.75, 3.05) is 31.1 Å². The second-order valence-electron chi connectivity index (χ2n) is 5.89. The highest BCUT2D eigenvalue weighted by molar-refractivity contribution is 7.89. The molecule has 2 aromatic rings. The van der Waals surface area contributed by atoms with Gasteiger partial charge >= 0.3 is 6.18 Å². The molecule has 3 rings (SSSR count). The summed E-state index contributed by atoms with van der Waals surface area (Å²) < 4.78 is 64.9. The summed E-state index contributed by atoms with van der Waals surface area (Å²) in [7, 11) is -3.97. The van der Waals surface area contributed by atoms with E-state index in [4.69, 9.17) is 0 Å². The monoisotopic (exact) mass is 417 g/mol. The third-order valence-electron chi connectivity index (χ3n) is 4.12. The van der Waals surface area contributed by atoms with Crippen molar-refractivity contribution in [2.45, 2.75) is 11.1 Å². The first kappa shape index (κ1) is 19.9. The molecule has 1 fully saturated rings. The number of aromatic nitrogens is 2. The first-order valence-corrected chi connectivity index (χ1v) is 9.43. The van der Waals surface area contributed by atoms with Crippen LogP contribution in [0, 0.1) is 10.1 Å². The molecule has 0 saturated carbocycles. The maximum absolute atomic E-state index is 12.8. The molecule has 0 N–H and O–H groups in total. The summed E-state index contributed by atoms with van der Waals surface area (Å²) in [6.45, 7) is 0.111. The summed E-state index contributed by atoms with van der Waals surface area (Å²) in [6, 6.07) is 5.44. The van der Waals surface area contributed by atoms with Crippen molar-refractivity contribution in [1.29, 1.82) is 0 Å². The molecular weight excluding hydrogens is 403 g/mol. The zero-order valence-electron chi connectivity index (χ0n) is 14.2. The molecule has 0 aliphatic carbocycles. The lowest BCUT2D eigenvalue weighted by atomic mass is 10.3. The number of halogens is 3. The predicted octanol–water partition coefficient (Wildman–Crippen LogP) is 1.91. The second kappa shape index (κ2) is 7.31. The van der Waals surface area contributed by atoms with Gasteiger partial charge in [0.05, 0.1) is 9.82 Å². The van der Waals surface area contributed by atoms with E-state index in [0.717, 1.165) is 22.6 Å². The Morgan fingerprint density at radius 3 is 2.39 bits per heavy atom. The third kappa shape index (κ3) is 4.04. The second-order valence-corrected chi connectivity index (χ2v) is 7.82. The minimum atomic E-state index is -4.61. The fourth-order valence-electron chi connectivity index (χ4n) is 2.69. The van der Waals surface area contributed by atoms with E-state index in [2.05, 4.69) is 9.97 Å². The van der Waals surface area contributed by atoms with Crippen LogP contribution in [0.15, 0.2) is 41.4 Å². The average Bonchev–Trinajstić information content (AvgIpc) is 2.67. The van der Waals surface area contributed by atoms with E-state index in [0.29, 0.717) is 0 Å². The van der Waals surface area contributed by atoms with Crippen molar-refractivity contribution in [3.63, 3.8) is 0 Å². The van der Waals surface area contributed by atoms with Crippen molar-refractivity contribution >= 4 is 21.7 Å². The van der Waals surface area contributed by atoms with Crippen molar-refractivity contribution in [3.05, 3.63) is 52.3 Å². The van der Waals surface area contributed by atoms with Gasteiger partial charge in [-0.15, -0.1) is 0 Å². The van der Waals surface area contributed by atoms with Crippen LogP contribution in [-0.4, -0.2) is 53.8 Å². The summed E-state index contributed by atoms with van der Waals surface area (Å²) in [5.41, 5.74) is -1.43. The van der Waals surface area contributed by atoms with Gasteiger partial charge in [-0.2, -0.15) is 17.5 Å². The van der Waals surface area contributed by atoms with E-state index in [-0.39, 0.29) is 42.7 Å². The number of rotatable bonds is 4. The molecule has 1 saturated heterocycles. The fourth-order valence-corrected chi connectivity index (χ4v) is 4.16. The van der Waals surface area contributed by atoms with Gasteiger partial charge in [-0.1, -0.05) is 6.07 Å². The molecule has 9 nitrogen and oxygen atoms in total. The van der Waals surface area contributed by atoms with Crippen molar-refractivity contribution in [2.24, 2.45) is 0 Å². The maximum Gasteiger partial charge on any atom is 0.433 e. The number of sulfonamides is 1. The highest BCUT2D eigenvalue weighted by Gasteiger charge is 2.34. The number of alkyl halides is 3. The van der Waals surface area contributed by atoms with E-state index in [1.54, 1.807) is 0 Å². The number of hydrogen-bond donors (Lipinski definition) is 0. The highest BCUT2D eigenvalue weighted by atomic mass is 32.2. The summed E-state index contributed by atoms with van der Waals surface area (Å²) in [4.78, 5) is 18.7. The normalized spacial score (nSPS) is 16.2. The molecule has 0 radical (unpaired) electrons. The van der Waals surface area contributed by atoms with Crippen LogP contribution >= 0.6 is 0 Å². The number of hydrogen-bond acceptors (Lipinski definition) is 7. The lowest BCUT2D eigenvalue weighted by Crippen LogP contribution is -2.49. The standard InChI is InChI=1S/C15H14F3N5O4S/c16-15(17,18)13-4-5-19-14(20-13)21-6-8-22(9-7-21)28(26,27)12-3-1-2-11(10-12)23(24)25/h1-5,10H,6-9H2. The highest BCUT2D eigenvalue weighted by Crippen LogP contribution is 2.28. The largest absolute Gasteiger partial charge is 0.433 e. The topological polar surface area (TPSA) is 110 Å². The smallest absolute Gasteiger partial charge is 0.338 e. The quantitative estimate of drug-likeness (QED) is 0.552. The van der Waals surface area contributed by atoms with E-state index >= 15 is 0 Å². The van der Waals surface area contributed by atoms with Gasteiger partial charge in [0.1, 0.15) is 5.69 Å². The molecule has 1 aliphatic rings. The van der Waals surface area contributed by atoms with E-state index in [9.17, 15) is 31.7 Å². The number of non-ortho nitro benzene ring substituents is 1. The van der Waals surface area contributed by atoms with Crippen LogP contribution in [-0.2, 0) is 16.2 Å². The molecular formula is C15H14F3N5O4S. The Bertz CT molecular complexity index is 991. The molecule has 1 aromatic heterocycles. The summed E-state index contributed by atoms with van der Waals surface area (Å²) in [6.07, 6.45) is -3.61. The molecule has 2 heterocycles. The van der Waals surface area contributed by atoms with Crippen LogP contribution in [0.3, 0.4) is 0 Å². The van der Waals surface area contributed by atoms with E-state index in [1.165, 1.54) is 23.1 Å². The number of nitro groups is 1. The lowest BCUT2D eigenvalue weighted by Gasteiger charge is -2.34. The number of nitrogens with zero attached hydrogens (tertiary/aromatic N) is 5. The number of piperazine rings is 1. The van der Waals surface area contributed by atoms with Crippen molar-refractivity contribution in [3.8, 4) is 0 Å². The molecule has 150 valence electrons. The Hall–Kier alpha value is -2.80.